The molecule has 66 valence electrons. The van der Waals surface area contributed by atoms with Gasteiger partial charge in [-0.25, -0.2) is 9.97 Å². The predicted octanol–water partition coefficient (Wildman–Crippen LogP) is 2.10. The minimum absolute atomic E-state index is 0.0301. The van der Waals surface area contributed by atoms with Crippen LogP contribution in [0.15, 0.2) is 18.0 Å². The van der Waals surface area contributed by atoms with Crippen LogP contribution in [0.1, 0.15) is 18.7 Å². The Morgan fingerprint density at radius 1 is 1.46 bits per heavy atom. The maximum absolute atomic E-state index is 4.36. The second-order valence-electron chi connectivity index (χ2n) is 3.74. The summed E-state index contributed by atoms with van der Waals surface area (Å²) in [5, 5.41) is 0. The van der Waals surface area contributed by atoms with Gasteiger partial charge in [-0.2, -0.15) is 0 Å². The van der Waals surface area contributed by atoms with E-state index in [-0.39, 0.29) is 5.54 Å². The monoisotopic (exact) mass is 191 g/mol. The van der Waals surface area contributed by atoms with Crippen molar-refractivity contribution in [3.8, 4) is 11.4 Å². The van der Waals surface area contributed by atoms with Gasteiger partial charge in [0.25, 0.3) is 0 Å². The molecule has 0 aliphatic carbocycles. The summed E-state index contributed by atoms with van der Waals surface area (Å²) in [6.45, 7) is 4.39. The highest BCUT2D eigenvalue weighted by Gasteiger charge is 2.37. The van der Waals surface area contributed by atoms with E-state index in [2.05, 4.69) is 28.4 Å². The van der Waals surface area contributed by atoms with Gasteiger partial charge in [0.15, 0.2) is 0 Å². The van der Waals surface area contributed by atoms with E-state index in [9.17, 15) is 0 Å². The van der Waals surface area contributed by atoms with Crippen molar-refractivity contribution >= 4 is 11.3 Å². The average Bonchev–Trinajstić information content (AvgIpc) is 2.74. The van der Waals surface area contributed by atoms with Gasteiger partial charge in [0.05, 0.1) is 34.1 Å². The van der Waals surface area contributed by atoms with Crippen molar-refractivity contribution in [3.05, 3.63) is 22.9 Å². The molecule has 0 unspecified atom stereocenters. The fourth-order valence-corrected chi connectivity index (χ4v) is 2.81. The molecule has 0 fully saturated rings. The Morgan fingerprint density at radius 2 is 2.31 bits per heavy atom. The van der Waals surface area contributed by atoms with Crippen LogP contribution in [0.3, 0.4) is 0 Å². The number of aromatic nitrogens is 3. The van der Waals surface area contributed by atoms with Crippen LogP contribution in [0.25, 0.3) is 11.4 Å². The first-order chi connectivity index (χ1) is 6.21. The molecule has 0 bridgehead atoms. The van der Waals surface area contributed by atoms with Crippen molar-refractivity contribution in [1.82, 2.24) is 14.5 Å². The maximum atomic E-state index is 4.36. The summed E-state index contributed by atoms with van der Waals surface area (Å²) in [7, 11) is 0. The second kappa shape index (κ2) is 2.01. The molecular weight excluding hydrogens is 182 g/mol. The van der Waals surface area contributed by atoms with E-state index >= 15 is 0 Å². The molecule has 1 aliphatic rings. The summed E-state index contributed by atoms with van der Waals surface area (Å²) >= 11 is 1.72. The highest BCUT2D eigenvalue weighted by molar-refractivity contribution is 7.10. The third kappa shape index (κ3) is 0.698. The molecule has 3 nitrogen and oxygen atoms in total. The lowest BCUT2D eigenvalue weighted by atomic mass is 10.1. The Morgan fingerprint density at radius 3 is 3.15 bits per heavy atom. The van der Waals surface area contributed by atoms with Crippen LogP contribution in [-0.2, 0) is 5.54 Å². The SMILES string of the molecule is CC1(C)c2scnc2-c2cncn21. The Hall–Kier alpha value is -1.16. The fraction of sp³-hybridized carbons (Fsp3) is 0.333. The van der Waals surface area contributed by atoms with Gasteiger partial charge in [0.1, 0.15) is 5.69 Å². The third-order valence-electron chi connectivity index (χ3n) is 2.61. The molecule has 3 heterocycles. The van der Waals surface area contributed by atoms with Crippen molar-refractivity contribution in [3.63, 3.8) is 0 Å². The van der Waals surface area contributed by atoms with Crippen molar-refractivity contribution in [2.24, 2.45) is 0 Å². The van der Waals surface area contributed by atoms with Gasteiger partial charge in [-0.05, 0) is 13.8 Å². The number of hydrogen-bond donors (Lipinski definition) is 0. The molecule has 0 spiro atoms. The molecule has 0 saturated carbocycles. The lowest BCUT2D eigenvalue weighted by Gasteiger charge is -2.20. The van der Waals surface area contributed by atoms with E-state index in [0.29, 0.717) is 0 Å². The number of imidazole rings is 1. The highest BCUT2D eigenvalue weighted by atomic mass is 32.1. The van der Waals surface area contributed by atoms with Crippen molar-refractivity contribution < 1.29 is 0 Å². The Labute approximate surface area is 80.1 Å². The Kier molecular flexibility index (Phi) is 1.12. The van der Waals surface area contributed by atoms with Gasteiger partial charge in [-0.1, -0.05) is 0 Å². The second-order valence-corrected chi connectivity index (χ2v) is 4.59. The molecule has 0 atom stereocenters. The van der Waals surface area contributed by atoms with Gasteiger partial charge in [-0.15, -0.1) is 11.3 Å². The minimum atomic E-state index is 0.0301. The topological polar surface area (TPSA) is 30.7 Å². The first-order valence-electron chi connectivity index (χ1n) is 4.18. The number of fused-ring (bicyclic) bond motifs is 3. The molecule has 0 amide bonds. The van der Waals surface area contributed by atoms with Gasteiger partial charge in [0.2, 0.25) is 0 Å². The van der Waals surface area contributed by atoms with Gasteiger partial charge >= 0.3 is 0 Å². The third-order valence-corrected chi connectivity index (χ3v) is 3.75. The molecule has 3 rings (SSSR count). The van der Waals surface area contributed by atoms with Crippen molar-refractivity contribution in [1.29, 1.82) is 0 Å². The zero-order valence-electron chi connectivity index (χ0n) is 7.48. The molecule has 0 radical (unpaired) electrons. The largest absolute Gasteiger partial charge is 0.319 e. The standard InChI is InChI=1S/C9H9N3S/c1-9(2)8-7(11-5-13-8)6-3-10-4-12(6)9/h3-5H,1-2H3. The average molecular weight is 191 g/mol. The molecule has 0 saturated heterocycles. The summed E-state index contributed by atoms with van der Waals surface area (Å²) in [5.74, 6) is 0. The lowest BCUT2D eigenvalue weighted by molar-refractivity contribution is 0.467. The first-order valence-corrected chi connectivity index (χ1v) is 5.06. The maximum Gasteiger partial charge on any atom is 0.105 e. The Bertz CT molecular complexity index is 424. The van der Waals surface area contributed by atoms with Crippen LogP contribution in [0.5, 0.6) is 0 Å². The van der Waals surface area contributed by atoms with E-state index in [0.717, 1.165) is 11.4 Å². The summed E-state index contributed by atoms with van der Waals surface area (Å²) < 4.78 is 2.18. The normalized spacial score (nSPS) is 17.1. The van der Waals surface area contributed by atoms with E-state index in [1.807, 2.05) is 18.0 Å². The first kappa shape index (κ1) is 7.26. The number of hydrogen-bond acceptors (Lipinski definition) is 3. The van der Waals surface area contributed by atoms with E-state index in [1.54, 1.807) is 11.3 Å². The molecule has 4 heteroatoms. The minimum Gasteiger partial charge on any atom is -0.319 e. The zero-order valence-corrected chi connectivity index (χ0v) is 8.30. The van der Waals surface area contributed by atoms with Crippen LogP contribution in [0.4, 0.5) is 0 Å². The van der Waals surface area contributed by atoms with E-state index in [1.165, 1.54) is 4.88 Å². The zero-order chi connectivity index (χ0) is 9.05. The summed E-state index contributed by atoms with van der Waals surface area (Å²) in [6, 6.07) is 0. The molecule has 0 N–H and O–H groups in total. The number of rotatable bonds is 0. The molecule has 0 aromatic carbocycles. The Balaban J connectivity index is 2.44. The van der Waals surface area contributed by atoms with Crippen LogP contribution < -0.4 is 0 Å². The molecular formula is C9H9N3S. The van der Waals surface area contributed by atoms with Gasteiger partial charge in [-0.3, -0.25) is 0 Å². The van der Waals surface area contributed by atoms with Crippen LogP contribution >= 0.6 is 11.3 Å². The van der Waals surface area contributed by atoms with E-state index < -0.39 is 0 Å². The van der Waals surface area contributed by atoms with Crippen LogP contribution in [0.2, 0.25) is 0 Å². The number of thiazole rings is 1. The molecule has 2 aromatic heterocycles. The lowest BCUT2D eigenvalue weighted by Crippen LogP contribution is -2.21. The van der Waals surface area contributed by atoms with Gasteiger partial charge in [0, 0.05) is 0 Å². The quantitative estimate of drug-likeness (QED) is 0.638. The molecule has 13 heavy (non-hydrogen) atoms. The van der Waals surface area contributed by atoms with Crippen LogP contribution in [0, 0.1) is 0 Å². The predicted molar refractivity (Wildman–Crippen MR) is 51.8 cm³/mol. The number of nitrogens with zero attached hydrogens (tertiary/aromatic N) is 3. The fourth-order valence-electron chi connectivity index (χ4n) is 1.89. The summed E-state index contributed by atoms with van der Waals surface area (Å²) in [5.41, 5.74) is 4.18. The summed E-state index contributed by atoms with van der Waals surface area (Å²) in [4.78, 5) is 9.85. The highest BCUT2D eigenvalue weighted by Crippen LogP contribution is 2.44. The molecule has 1 aliphatic heterocycles. The molecule has 2 aromatic rings. The van der Waals surface area contributed by atoms with Gasteiger partial charge < -0.3 is 4.57 Å². The van der Waals surface area contributed by atoms with Crippen molar-refractivity contribution in [2.75, 3.05) is 0 Å². The van der Waals surface area contributed by atoms with E-state index in [4.69, 9.17) is 0 Å². The smallest absolute Gasteiger partial charge is 0.105 e. The van der Waals surface area contributed by atoms with Crippen molar-refractivity contribution in [2.45, 2.75) is 19.4 Å². The summed E-state index contributed by atoms with van der Waals surface area (Å²) in [6.07, 6.45) is 3.76. The van der Waals surface area contributed by atoms with Crippen LogP contribution in [-0.4, -0.2) is 14.5 Å².